The molecule has 21 heavy (non-hydrogen) atoms. The Balaban J connectivity index is 1.93. The molecule has 0 amide bonds. The maximum atomic E-state index is 13.1. The summed E-state index contributed by atoms with van der Waals surface area (Å²) in [4.78, 5) is 16.0. The molecule has 0 saturated heterocycles. The summed E-state index contributed by atoms with van der Waals surface area (Å²) in [5.41, 5.74) is 1.41. The van der Waals surface area contributed by atoms with Gasteiger partial charge in [-0.05, 0) is 48.0 Å². The lowest BCUT2D eigenvalue weighted by atomic mass is 10.2. The van der Waals surface area contributed by atoms with Crippen molar-refractivity contribution in [3.05, 3.63) is 75.6 Å². The van der Waals surface area contributed by atoms with Gasteiger partial charge in [-0.3, -0.25) is 0 Å². The lowest BCUT2D eigenvalue weighted by Crippen LogP contribution is -2.05. The highest BCUT2D eigenvalue weighted by molar-refractivity contribution is 9.10. The van der Waals surface area contributed by atoms with Crippen LogP contribution in [-0.2, 0) is 9.53 Å². The number of hydrogen-bond acceptors (Lipinski definition) is 3. The molecular formula is C16H9BrFNO2. The van der Waals surface area contributed by atoms with E-state index in [4.69, 9.17) is 4.74 Å². The minimum Gasteiger partial charge on any atom is -0.402 e. The van der Waals surface area contributed by atoms with Crippen LogP contribution in [-0.4, -0.2) is 11.9 Å². The van der Waals surface area contributed by atoms with Gasteiger partial charge < -0.3 is 4.74 Å². The molecule has 0 unspecified atom stereocenters. The highest BCUT2D eigenvalue weighted by Gasteiger charge is 2.23. The summed E-state index contributed by atoms with van der Waals surface area (Å²) in [6, 6.07) is 13.2. The average molecular weight is 346 g/mol. The van der Waals surface area contributed by atoms with Gasteiger partial charge in [-0.1, -0.05) is 28.1 Å². The standard InChI is InChI=1S/C16H9BrFNO2/c17-12-6-4-11(5-7-12)15-19-14(16(20)21-15)9-10-2-1-3-13(18)8-10/h1-9H/b14-9-. The van der Waals surface area contributed by atoms with E-state index >= 15 is 0 Å². The van der Waals surface area contributed by atoms with Crippen LogP contribution in [0.25, 0.3) is 6.08 Å². The molecule has 0 N–H and O–H groups in total. The molecule has 0 fully saturated rings. The van der Waals surface area contributed by atoms with Gasteiger partial charge in [0.2, 0.25) is 5.90 Å². The molecule has 3 rings (SSSR count). The molecule has 1 aliphatic rings. The van der Waals surface area contributed by atoms with E-state index in [2.05, 4.69) is 20.9 Å². The predicted molar refractivity (Wildman–Crippen MR) is 81.1 cm³/mol. The zero-order chi connectivity index (χ0) is 14.8. The molecule has 1 aliphatic heterocycles. The van der Waals surface area contributed by atoms with E-state index in [0.29, 0.717) is 11.1 Å². The van der Waals surface area contributed by atoms with Crippen molar-refractivity contribution in [2.75, 3.05) is 0 Å². The molecule has 5 heteroatoms. The van der Waals surface area contributed by atoms with Gasteiger partial charge in [-0.25, -0.2) is 14.2 Å². The van der Waals surface area contributed by atoms with Gasteiger partial charge >= 0.3 is 5.97 Å². The number of hydrogen-bond donors (Lipinski definition) is 0. The van der Waals surface area contributed by atoms with Crippen molar-refractivity contribution in [1.82, 2.24) is 0 Å². The van der Waals surface area contributed by atoms with Crippen molar-refractivity contribution in [3.63, 3.8) is 0 Å². The smallest absolute Gasteiger partial charge is 0.363 e. The number of halogens is 2. The number of ether oxygens (including phenoxy) is 1. The summed E-state index contributed by atoms with van der Waals surface area (Å²) in [5.74, 6) is -0.667. The minimum atomic E-state index is -0.544. The van der Waals surface area contributed by atoms with Gasteiger partial charge in [-0.2, -0.15) is 0 Å². The molecule has 0 saturated carbocycles. The summed E-state index contributed by atoms with van der Waals surface area (Å²) >= 11 is 3.33. The molecule has 0 atom stereocenters. The molecule has 0 bridgehead atoms. The third-order valence-electron chi connectivity index (χ3n) is 2.86. The molecule has 2 aromatic carbocycles. The van der Waals surface area contributed by atoms with Crippen LogP contribution in [0.2, 0.25) is 0 Å². The van der Waals surface area contributed by atoms with Crippen LogP contribution in [0, 0.1) is 5.82 Å². The molecule has 104 valence electrons. The number of carbonyl (C=O) groups is 1. The Kier molecular flexibility index (Phi) is 3.66. The van der Waals surface area contributed by atoms with E-state index in [-0.39, 0.29) is 17.4 Å². The molecule has 0 radical (unpaired) electrons. The van der Waals surface area contributed by atoms with Crippen LogP contribution in [0.5, 0.6) is 0 Å². The zero-order valence-electron chi connectivity index (χ0n) is 10.7. The van der Waals surface area contributed by atoms with Crippen LogP contribution in [0.4, 0.5) is 4.39 Å². The van der Waals surface area contributed by atoms with Crippen molar-refractivity contribution in [2.24, 2.45) is 4.99 Å². The largest absolute Gasteiger partial charge is 0.402 e. The first kappa shape index (κ1) is 13.7. The number of rotatable bonds is 2. The molecule has 2 aromatic rings. The van der Waals surface area contributed by atoms with E-state index in [0.717, 1.165) is 4.47 Å². The monoisotopic (exact) mass is 345 g/mol. The maximum Gasteiger partial charge on any atom is 0.363 e. The van der Waals surface area contributed by atoms with Gasteiger partial charge in [0.15, 0.2) is 5.70 Å². The topological polar surface area (TPSA) is 38.7 Å². The molecule has 0 aromatic heterocycles. The summed E-state index contributed by atoms with van der Waals surface area (Å²) in [5, 5.41) is 0. The fourth-order valence-corrected chi connectivity index (χ4v) is 2.14. The Morgan fingerprint density at radius 1 is 1.14 bits per heavy atom. The quantitative estimate of drug-likeness (QED) is 0.610. The third-order valence-corrected chi connectivity index (χ3v) is 3.39. The fourth-order valence-electron chi connectivity index (χ4n) is 1.88. The Hall–Kier alpha value is -2.27. The number of cyclic esters (lactones) is 1. The number of esters is 1. The van der Waals surface area contributed by atoms with Crippen molar-refractivity contribution in [3.8, 4) is 0 Å². The molecule has 0 spiro atoms. The van der Waals surface area contributed by atoms with E-state index in [1.54, 1.807) is 24.3 Å². The third kappa shape index (κ3) is 3.08. The van der Waals surface area contributed by atoms with Crippen molar-refractivity contribution in [2.45, 2.75) is 0 Å². The van der Waals surface area contributed by atoms with Gasteiger partial charge in [-0.15, -0.1) is 0 Å². The van der Waals surface area contributed by atoms with E-state index in [9.17, 15) is 9.18 Å². The lowest BCUT2D eigenvalue weighted by molar-refractivity contribution is -0.129. The molecule has 3 nitrogen and oxygen atoms in total. The Bertz CT molecular complexity index is 766. The zero-order valence-corrected chi connectivity index (χ0v) is 12.3. The second-order valence-corrected chi connectivity index (χ2v) is 5.31. The van der Waals surface area contributed by atoms with E-state index < -0.39 is 5.97 Å². The molecular weight excluding hydrogens is 337 g/mol. The Labute approximate surface area is 128 Å². The Morgan fingerprint density at radius 2 is 1.90 bits per heavy atom. The summed E-state index contributed by atoms with van der Waals surface area (Å²) < 4.78 is 19.2. The first-order valence-electron chi connectivity index (χ1n) is 6.16. The van der Waals surface area contributed by atoms with Crippen LogP contribution in [0.3, 0.4) is 0 Å². The highest BCUT2D eigenvalue weighted by Crippen LogP contribution is 2.20. The summed E-state index contributed by atoms with van der Waals surface area (Å²) in [6.07, 6.45) is 1.50. The second kappa shape index (κ2) is 5.61. The van der Waals surface area contributed by atoms with Crippen LogP contribution in [0.15, 0.2) is 63.7 Å². The first-order chi connectivity index (χ1) is 10.1. The van der Waals surface area contributed by atoms with E-state index in [1.807, 2.05) is 12.1 Å². The number of carbonyl (C=O) groups excluding carboxylic acids is 1. The SMILES string of the molecule is O=C1OC(c2ccc(Br)cc2)=N/C1=C\c1cccc(F)c1. The highest BCUT2D eigenvalue weighted by atomic mass is 79.9. The van der Waals surface area contributed by atoms with Gasteiger partial charge in [0.1, 0.15) is 5.82 Å². The van der Waals surface area contributed by atoms with Crippen molar-refractivity contribution >= 4 is 33.9 Å². The van der Waals surface area contributed by atoms with Gasteiger partial charge in [0.05, 0.1) is 0 Å². The lowest BCUT2D eigenvalue weighted by Gasteiger charge is -1.98. The molecule has 0 aliphatic carbocycles. The molecule has 1 heterocycles. The van der Waals surface area contributed by atoms with Crippen molar-refractivity contribution in [1.29, 1.82) is 0 Å². The second-order valence-electron chi connectivity index (χ2n) is 4.40. The normalized spacial score (nSPS) is 16.0. The van der Waals surface area contributed by atoms with Crippen LogP contribution >= 0.6 is 15.9 Å². The summed E-state index contributed by atoms with van der Waals surface area (Å²) in [6.45, 7) is 0. The minimum absolute atomic E-state index is 0.151. The van der Waals surface area contributed by atoms with Crippen LogP contribution < -0.4 is 0 Å². The Morgan fingerprint density at radius 3 is 2.62 bits per heavy atom. The first-order valence-corrected chi connectivity index (χ1v) is 6.95. The number of nitrogens with zero attached hydrogens (tertiary/aromatic N) is 1. The van der Waals surface area contributed by atoms with Gasteiger partial charge in [0, 0.05) is 10.0 Å². The van der Waals surface area contributed by atoms with Gasteiger partial charge in [0.25, 0.3) is 0 Å². The average Bonchev–Trinajstić information content (AvgIpc) is 2.81. The number of benzene rings is 2. The maximum absolute atomic E-state index is 13.1. The summed E-state index contributed by atoms with van der Waals surface area (Å²) in [7, 11) is 0. The fraction of sp³-hybridized carbons (Fsp3) is 0. The van der Waals surface area contributed by atoms with Crippen LogP contribution in [0.1, 0.15) is 11.1 Å². The van der Waals surface area contributed by atoms with Crippen molar-refractivity contribution < 1.29 is 13.9 Å². The van der Waals surface area contributed by atoms with E-state index in [1.165, 1.54) is 18.2 Å². The predicted octanol–water partition coefficient (Wildman–Crippen LogP) is 3.93. The number of aliphatic imine (C=N–C) groups is 1.